The van der Waals surface area contributed by atoms with E-state index in [4.69, 9.17) is 5.73 Å². The predicted octanol–water partition coefficient (Wildman–Crippen LogP) is 2.25. The van der Waals surface area contributed by atoms with Gasteiger partial charge in [0.05, 0.1) is 23.2 Å². The zero-order chi connectivity index (χ0) is 11.0. The molecular formula is C12H19N3S. The molecule has 1 aromatic rings. The number of nitrogens with two attached hydrogens (primary N) is 1. The van der Waals surface area contributed by atoms with E-state index in [0.29, 0.717) is 0 Å². The maximum Gasteiger partial charge on any atom is 0.118 e. The molecule has 0 unspecified atom stereocenters. The lowest BCUT2D eigenvalue weighted by Gasteiger charge is -2.34. The Hall–Kier alpha value is -0.480. The number of rotatable bonds is 1. The van der Waals surface area contributed by atoms with E-state index in [2.05, 4.69) is 9.55 Å². The first-order valence-corrected chi connectivity index (χ1v) is 7.37. The molecule has 0 radical (unpaired) electrons. The zero-order valence-corrected chi connectivity index (χ0v) is 10.4. The van der Waals surface area contributed by atoms with Gasteiger partial charge in [-0.05, 0) is 12.8 Å². The average molecular weight is 237 g/mol. The van der Waals surface area contributed by atoms with Crippen LogP contribution in [0.15, 0.2) is 6.20 Å². The molecule has 2 heterocycles. The van der Waals surface area contributed by atoms with Crippen LogP contribution in [0.3, 0.4) is 0 Å². The van der Waals surface area contributed by atoms with Gasteiger partial charge < -0.3 is 10.3 Å². The molecule has 1 aromatic heterocycles. The average Bonchev–Trinajstić information content (AvgIpc) is 2.74. The van der Waals surface area contributed by atoms with Gasteiger partial charge in [-0.2, -0.15) is 11.8 Å². The van der Waals surface area contributed by atoms with Crippen molar-refractivity contribution in [2.24, 2.45) is 5.73 Å². The smallest absolute Gasteiger partial charge is 0.118 e. The zero-order valence-electron chi connectivity index (χ0n) is 9.61. The van der Waals surface area contributed by atoms with Gasteiger partial charge in [0, 0.05) is 12.3 Å². The summed E-state index contributed by atoms with van der Waals surface area (Å²) in [6.07, 6.45) is 8.18. The summed E-state index contributed by atoms with van der Waals surface area (Å²) in [6.45, 7) is 1.09. The molecule has 88 valence electrons. The monoisotopic (exact) mass is 237 g/mol. The fraction of sp³-hybridized carbons (Fsp3) is 0.750. The Bertz CT molecular complexity index is 380. The van der Waals surface area contributed by atoms with Gasteiger partial charge in [-0.15, -0.1) is 0 Å². The molecule has 3 nitrogen and oxygen atoms in total. The van der Waals surface area contributed by atoms with E-state index in [9.17, 15) is 0 Å². The lowest BCUT2D eigenvalue weighted by atomic mass is 9.80. The minimum absolute atomic E-state index is 0.0918. The second kappa shape index (κ2) is 4.08. The van der Waals surface area contributed by atoms with Crippen LogP contribution in [0.2, 0.25) is 0 Å². The Morgan fingerprint density at radius 1 is 1.31 bits per heavy atom. The molecule has 0 spiro atoms. The first-order chi connectivity index (χ1) is 7.80. The summed E-state index contributed by atoms with van der Waals surface area (Å²) in [5.41, 5.74) is 7.78. The number of nitrogens with zero attached hydrogens (tertiary/aromatic N) is 2. The lowest BCUT2D eigenvalue weighted by Crippen LogP contribution is -2.41. The molecule has 0 bridgehead atoms. The lowest BCUT2D eigenvalue weighted by molar-refractivity contribution is 0.285. The standard InChI is InChI=1S/C12H19N3S/c13-12(4-2-1-3-5-12)10-8-14-11-9-16-7-6-15(10)11/h8H,1-7,9,13H2. The molecule has 1 aliphatic carbocycles. The number of hydrogen-bond acceptors (Lipinski definition) is 3. The van der Waals surface area contributed by atoms with Crippen LogP contribution < -0.4 is 5.73 Å². The molecular weight excluding hydrogens is 218 g/mol. The van der Waals surface area contributed by atoms with Crippen LogP contribution in [0.25, 0.3) is 0 Å². The van der Waals surface area contributed by atoms with Crippen LogP contribution >= 0.6 is 11.8 Å². The van der Waals surface area contributed by atoms with Gasteiger partial charge in [-0.25, -0.2) is 4.98 Å². The summed E-state index contributed by atoms with van der Waals surface area (Å²) in [4.78, 5) is 4.54. The first kappa shape index (κ1) is 10.7. The Kier molecular flexibility index (Phi) is 2.72. The highest BCUT2D eigenvalue weighted by Crippen LogP contribution is 2.36. The van der Waals surface area contributed by atoms with Gasteiger partial charge in [0.1, 0.15) is 5.82 Å². The number of aromatic nitrogens is 2. The minimum Gasteiger partial charge on any atom is -0.329 e. The van der Waals surface area contributed by atoms with Crippen LogP contribution in [0.1, 0.15) is 43.6 Å². The van der Waals surface area contributed by atoms with Gasteiger partial charge >= 0.3 is 0 Å². The molecule has 2 N–H and O–H groups in total. The van der Waals surface area contributed by atoms with Gasteiger partial charge in [0.15, 0.2) is 0 Å². The third-order valence-corrected chi connectivity index (χ3v) is 4.82. The summed E-state index contributed by atoms with van der Waals surface area (Å²) >= 11 is 1.97. The van der Waals surface area contributed by atoms with E-state index in [1.807, 2.05) is 18.0 Å². The molecule has 2 aliphatic rings. The largest absolute Gasteiger partial charge is 0.329 e. The van der Waals surface area contributed by atoms with Crippen molar-refractivity contribution in [2.45, 2.75) is 49.9 Å². The van der Waals surface area contributed by atoms with Crippen molar-refractivity contribution in [1.29, 1.82) is 0 Å². The van der Waals surface area contributed by atoms with Crippen molar-refractivity contribution >= 4 is 11.8 Å². The molecule has 0 atom stereocenters. The topological polar surface area (TPSA) is 43.8 Å². The Labute approximate surface area is 101 Å². The maximum atomic E-state index is 6.58. The molecule has 1 fully saturated rings. The summed E-state index contributed by atoms with van der Waals surface area (Å²) in [7, 11) is 0. The Balaban J connectivity index is 1.95. The van der Waals surface area contributed by atoms with Gasteiger partial charge in [0.25, 0.3) is 0 Å². The fourth-order valence-corrected chi connectivity index (χ4v) is 3.80. The van der Waals surface area contributed by atoms with Crippen LogP contribution in [0.5, 0.6) is 0 Å². The minimum atomic E-state index is -0.0918. The fourth-order valence-electron chi connectivity index (χ4n) is 2.93. The van der Waals surface area contributed by atoms with Gasteiger partial charge in [0.2, 0.25) is 0 Å². The highest BCUT2D eigenvalue weighted by molar-refractivity contribution is 7.98. The van der Waals surface area contributed by atoms with E-state index in [1.54, 1.807) is 0 Å². The number of hydrogen-bond donors (Lipinski definition) is 1. The molecule has 3 rings (SSSR count). The van der Waals surface area contributed by atoms with Crippen molar-refractivity contribution in [1.82, 2.24) is 9.55 Å². The second-order valence-electron chi connectivity index (χ2n) is 4.98. The van der Waals surface area contributed by atoms with Crippen molar-refractivity contribution in [2.75, 3.05) is 5.75 Å². The van der Waals surface area contributed by atoms with E-state index in [-0.39, 0.29) is 5.54 Å². The highest BCUT2D eigenvalue weighted by Gasteiger charge is 2.33. The second-order valence-corrected chi connectivity index (χ2v) is 6.09. The summed E-state index contributed by atoms with van der Waals surface area (Å²) in [6, 6.07) is 0. The third-order valence-electron chi connectivity index (χ3n) is 3.88. The molecule has 0 amide bonds. The summed E-state index contributed by atoms with van der Waals surface area (Å²) < 4.78 is 2.38. The quantitative estimate of drug-likeness (QED) is 0.814. The van der Waals surface area contributed by atoms with Crippen LogP contribution in [0.4, 0.5) is 0 Å². The van der Waals surface area contributed by atoms with E-state index in [0.717, 1.165) is 25.1 Å². The normalized spacial score (nSPS) is 24.1. The molecule has 4 heteroatoms. The van der Waals surface area contributed by atoms with E-state index in [1.165, 1.54) is 36.5 Å². The molecule has 1 saturated carbocycles. The number of thioether (sulfide) groups is 1. The van der Waals surface area contributed by atoms with Crippen LogP contribution in [-0.4, -0.2) is 15.3 Å². The van der Waals surface area contributed by atoms with Crippen molar-refractivity contribution in [3.63, 3.8) is 0 Å². The SMILES string of the molecule is NC1(c2cnc3n2CCSC3)CCCCC1. The number of fused-ring (bicyclic) bond motifs is 1. The predicted molar refractivity (Wildman–Crippen MR) is 67.3 cm³/mol. The third kappa shape index (κ3) is 1.68. The Morgan fingerprint density at radius 2 is 2.12 bits per heavy atom. The first-order valence-electron chi connectivity index (χ1n) is 6.21. The number of imidazole rings is 1. The Morgan fingerprint density at radius 3 is 2.94 bits per heavy atom. The van der Waals surface area contributed by atoms with Gasteiger partial charge in [-0.3, -0.25) is 0 Å². The van der Waals surface area contributed by atoms with Crippen molar-refractivity contribution in [3.05, 3.63) is 17.7 Å². The maximum absolute atomic E-state index is 6.58. The summed E-state index contributed by atoms with van der Waals surface area (Å²) in [5, 5.41) is 0. The summed E-state index contributed by atoms with van der Waals surface area (Å²) in [5.74, 6) is 3.48. The molecule has 1 aliphatic heterocycles. The van der Waals surface area contributed by atoms with Crippen LogP contribution in [0, 0.1) is 0 Å². The van der Waals surface area contributed by atoms with Crippen LogP contribution in [-0.2, 0) is 17.8 Å². The van der Waals surface area contributed by atoms with E-state index < -0.39 is 0 Å². The van der Waals surface area contributed by atoms with Gasteiger partial charge in [-0.1, -0.05) is 19.3 Å². The van der Waals surface area contributed by atoms with Crippen molar-refractivity contribution < 1.29 is 0 Å². The van der Waals surface area contributed by atoms with E-state index >= 15 is 0 Å². The molecule has 16 heavy (non-hydrogen) atoms. The van der Waals surface area contributed by atoms with Crippen molar-refractivity contribution in [3.8, 4) is 0 Å². The molecule has 0 aromatic carbocycles. The molecule has 0 saturated heterocycles. The highest BCUT2D eigenvalue weighted by atomic mass is 32.2.